The average Bonchev–Trinajstić information content (AvgIpc) is 2.66. The van der Waals surface area contributed by atoms with Crippen molar-refractivity contribution in [3.63, 3.8) is 0 Å². The molecule has 0 aliphatic rings. The second kappa shape index (κ2) is 9.00. The van der Waals surface area contributed by atoms with Crippen LogP contribution in [0.2, 0.25) is 0 Å². The Morgan fingerprint density at radius 2 is 1.76 bits per heavy atom. The van der Waals surface area contributed by atoms with Crippen LogP contribution < -0.4 is 5.32 Å². The van der Waals surface area contributed by atoms with E-state index in [4.69, 9.17) is 4.74 Å². The Labute approximate surface area is 162 Å². The first-order valence-electron chi connectivity index (χ1n) is 8.18. The normalized spacial score (nSPS) is 12.4. The summed E-state index contributed by atoms with van der Waals surface area (Å²) < 4.78 is 42.5. The Bertz CT molecular complexity index is 940. The first-order valence-corrected chi connectivity index (χ1v) is 8.18. The largest absolute Gasteiger partial charge is 0.449 e. The molecule has 0 aliphatic heterocycles. The number of ether oxygens (including phenoxy) is 1. The Hall–Kier alpha value is -3.69. The van der Waals surface area contributed by atoms with Crippen molar-refractivity contribution in [1.82, 2.24) is 0 Å². The van der Waals surface area contributed by atoms with Gasteiger partial charge in [-0.05, 0) is 43.3 Å². The van der Waals surface area contributed by atoms with Crippen molar-refractivity contribution in [2.24, 2.45) is 0 Å². The van der Waals surface area contributed by atoms with Crippen molar-refractivity contribution in [2.45, 2.75) is 19.2 Å². The first-order chi connectivity index (χ1) is 13.6. The van der Waals surface area contributed by atoms with Gasteiger partial charge in [-0.1, -0.05) is 12.1 Å². The van der Waals surface area contributed by atoms with Gasteiger partial charge in [0.05, 0.1) is 16.1 Å². The third kappa shape index (κ3) is 6.16. The van der Waals surface area contributed by atoms with Crippen LogP contribution in [0.1, 0.15) is 18.1 Å². The molecule has 0 bridgehead atoms. The number of carbonyl (C=O) groups is 2. The molecule has 0 aromatic heterocycles. The standard InChI is InChI=1S/C19H15F3N2O5/c1-12(18(26)23-15-9-7-14(8-10-15)19(20,21)22)29-17(25)11-6-13-4-2-3-5-16(13)24(27)28/h2-12H,1H3,(H,23,26)/b11-6+/t12-/m0/s1. The van der Waals surface area contributed by atoms with Gasteiger partial charge >= 0.3 is 12.1 Å². The van der Waals surface area contributed by atoms with Crippen LogP contribution >= 0.6 is 0 Å². The van der Waals surface area contributed by atoms with Gasteiger partial charge in [0, 0.05) is 17.8 Å². The van der Waals surface area contributed by atoms with Gasteiger partial charge in [0.15, 0.2) is 6.10 Å². The van der Waals surface area contributed by atoms with Gasteiger partial charge in [0.2, 0.25) is 0 Å². The number of para-hydroxylation sites is 1. The summed E-state index contributed by atoms with van der Waals surface area (Å²) >= 11 is 0. The zero-order valence-electron chi connectivity index (χ0n) is 15.0. The lowest BCUT2D eigenvalue weighted by Gasteiger charge is -2.13. The predicted octanol–water partition coefficient (Wildman–Crippen LogP) is 4.20. The van der Waals surface area contributed by atoms with E-state index in [2.05, 4.69) is 5.32 Å². The number of halogens is 3. The Morgan fingerprint density at radius 3 is 2.34 bits per heavy atom. The summed E-state index contributed by atoms with van der Waals surface area (Å²) in [4.78, 5) is 34.2. The van der Waals surface area contributed by atoms with E-state index in [0.717, 1.165) is 30.3 Å². The van der Waals surface area contributed by atoms with Crippen LogP contribution in [-0.4, -0.2) is 22.9 Å². The number of nitro benzene ring substituents is 1. The number of esters is 1. The van der Waals surface area contributed by atoms with Crippen LogP contribution in [0.5, 0.6) is 0 Å². The molecule has 0 fully saturated rings. The molecule has 0 saturated heterocycles. The maximum Gasteiger partial charge on any atom is 0.416 e. The number of nitrogens with one attached hydrogen (secondary N) is 1. The van der Waals surface area contributed by atoms with Crippen molar-refractivity contribution in [3.05, 3.63) is 75.8 Å². The van der Waals surface area contributed by atoms with Gasteiger partial charge in [0.1, 0.15) is 0 Å². The number of hydrogen-bond donors (Lipinski definition) is 1. The van der Waals surface area contributed by atoms with E-state index in [-0.39, 0.29) is 16.9 Å². The lowest BCUT2D eigenvalue weighted by Crippen LogP contribution is -2.29. The fourth-order valence-electron chi connectivity index (χ4n) is 2.21. The molecule has 0 heterocycles. The second-order valence-corrected chi connectivity index (χ2v) is 5.79. The number of carbonyl (C=O) groups excluding carboxylic acids is 2. The third-order valence-electron chi connectivity index (χ3n) is 3.67. The lowest BCUT2D eigenvalue weighted by molar-refractivity contribution is -0.385. The number of amides is 1. The highest BCUT2D eigenvalue weighted by Gasteiger charge is 2.30. The maximum absolute atomic E-state index is 12.5. The number of benzene rings is 2. The number of rotatable bonds is 6. The molecule has 0 saturated carbocycles. The molecule has 0 radical (unpaired) electrons. The number of alkyl halides is 3. The summed E-state index contributed by atoms with van der Waals surface area (Å²) in [5.74, 6) is -1.67. The monoisotopic (exact) mass is 408 g/mol. The van der Waals surface area contributed by atoms with Crippen LogP contribution in [0.3, 0.4) is 0 Å². The van der Waals surface area contributed by atoms with E-state index in [9.17, 15) is 32.9 Å². The number of hydrogen-bond acceptors (Lipinski definition) is 5. The Kier molecular flexibility index (Phi) is 6.71. The van der Waals surface area contributed by atoms with Gasteiger partial charge in [-0.2, -0.15) is 13.2 Å². The fourth-order valence-corrected chi connectivity index (χ4v) is 2.21. The molecular formula is C19H15F3N2O5. The molecule has 152 valence electrons. The zero-order valence-corrected chi connectivity index (χ0v) is 15.0. The predicted molar refractivity (Wildman–Crippen MR) is 97.8 cm³/mol. The fraction of sp³-hybridized carbons (Fsp3) is 0.158. The Balaban J connectivity index is 1.95. The molecule has 2 aromatic rings. The minimum Gasteiger partial charge on any atom is -0.449 e. The summed E-state index contributed by atoms with van der Waals surface area (Å²) in [6, 6.07) is 9.49. The van der Waals surface area contributed by atoms with Gasteiger partial charge in [-0.3, -0.25) is 14.9 Å². The first kappa shape index (κ1) is 21.6. The van der Waals surface area contributed by atoms with E-state index in [1.165, 1.54) is 31.2 Å². The maximum atomic E-state index is 12.5. The summed E-state index contributed by atoms with van der Waals surface area (Å²) in [5, 5.41) is 13.2. The molecule has 2 aromatic carbocycles. The molecule has 10 heteroatoms. The van der Waals surface area contributed by atoms with E-state index >= 15 is 0 Å². The van der Waals surface area contributed by atoms with Crippen LogP contribution in [-0.2, 0) is 20.5 Å². The van der Waals surface area contributed by atoms with Crippen molar-refractivity contribution >= 4 is 29.3 Å². The molecule has 0 spiro atoms. The topological polar surface area (TPSA) is 98.5 Å². The third-order valence-corrected chi connectivity index (χ3v) is 3.67. The SMILES string of the molecule is C[C@H](OC(=O)/C=C/c1ccccc1[N+](=O)[O-])C(=O)Nc1ccc(C(F)(F)F)cc1. The van der Waals surface area contributed by atoms with Gasteiger partial charge < -0.3 is 10.1 Å². The summed E-state index contributed by atoms with van der Waals surface area (Å²) in [7, 11) is 0. The van der Waals surface area contributed by atoms with Crippen LogP contribution in [0.4, 0.5) is 24.5 Å². The molecule has 1 atom stereocenters. The van der Waals surface area contributed by atoms with E-state index in [1.54, 1.807) is 6.07 Å². The quantitative estimate of drug-likeness (QED) is 0.334. The van der Waals surface area contributed by atoms with Crippen molar-refractivity contribution in [2.75, 3.05) is 5.32 Å². The zero-order chi connectivity index (χ0) is 21.6. The Morgan fingerprint density at radius 1 is 1.14 bits per heavy atom. The average molecular weight is 408 g/mol. The van der Waals surface area contributed by atoms with E-state index in [0.29, 0.717) is 0 Å². The highest BCUT2D eigenvalue weighted by molar-refractivity contribution is 5.96. The molecule has 1 N–H and O–H groups in total. The summed E-state index contributed by atoms with van der Waals surface area (Å²) in [6.07, 6.45) is -3.63. The minimum atomic E-state index is -4.49. The van der Waals surface area contributed by atoms with Gasteiger partial charge in [-0.25, -0.2) is 4.79 Å². The highest BCUT2D eigenvalue weighted by Crippen LogP contribution is 2.29. The lowest BCUT2D eigenvalue weighted by atomic mass is 10.1. The molecule has 0 aliphatic carbocycles. The molecular weight excluding hydrogens is 393 g/mol. The van der Waals surface area contributed by atoms with Crippen molar-refractivity contribution in [1.29, 1.82) is 0 Å². The minimum absolute atomic E-state index is 0.0985. The number of nitro groups is 1. The van der Waals surface area contributed by atoms with E-state index in [1.807, 2.05) is 0 Å². The number of anilines is 1. The molecule has 0 unspecified atom stereocenters. The summed E-state index contributed by atoms with van der Waals surface area (Å²) in [6.45, 7) is 1.27. The highest BCUT2D eigenvalue weighted by atomic mass is 19.4. The summed E-state index contributed by atoms with van der Waals surface area (Å²) in [5.41, 5.74) is -0.794. The molecule has 29 heavy (non-hydrogen) atoms. The second-order valence-electron chi connectivity index (χ2n) is 5.79. The van der Waals surface area contributed by atoms with Gasteiger partial charge in [0.25, 0.3) is 11.6 Å². The van der Waals surface area contributed by atoms with Crippen molar-refractivity contribution < 1.29 is 32.4 Å². The van der Waals surface area contributed by atoms with E-state index < -0.39 is 34.6 Å². The van der Waals surface area contributed by atoms with Gasteiger partial charge in [-0.15, -0.1) is 0 Å². The number of nitrogens with zero attached hydrogens (tertiary/aromatic N) is 1. The van der Waals surface area contributed by atoms with Crippen molar-refractivity contribution in [3.8, 4) is 0 Å². The molecule has 1 amide bonds. The molecule has 7 nitrogen and oxygen atoms in total. The molecule has 2 rings (SSSR count). The smallest absolute Gasteiger partial charge is 0.416 e. The van der Waals surface area contributed by atoms with Crippen LogP contribution in [0, 0.1) is 10.1 Å². The van der Waals surface area contributed by atoms with Crippen LogP contribution in [0.15, 0.2) is 54.6 Å². The van der Waals surface area contributed by atoms with Crippen LogP contribution in [0.25, 0.3) is 6.08 Å².